The van der Waals surface area contributed by atoms with Crippen LogP contribution in [0.1, 0.15) is 27.0 Å². The summed E-state index contributed by atoms with van der Waals surface area (Å²) in [5.74, 6) is -0.759. The lowest BCUT2D eigenvalue weighted by Crippen LogP contribution is -2.19. The van der Waals surface area contributed by atoms with Gasteiger partial charge in [0, 0.05) is 13.2 Å². The molecule has 0 fully saturated rings. The van der Waals surface area contributed by atoms with Crippen LogP contribution < -0.4 is 4.80 Å². The molecule has 0 N–H and O–H groups in total. The SMILES string of the molecule is CCOCCn1c(=NC(=O)c2ccc(Cl)s2)sc2cc(C(=O)OC)ccc21. The number of halogens is 1. The molecule has 0 unspecified atom stereocenters. The molecule has 1 aromatic carbocycles. The van der Waals surface area contributed by atoms with Crippen LogP contribution in [0.3, 0.4) is 0 Å². The van der Waals surface area contributed by atoms with Crippen molar-refractivity contribution in [2.45, 2.75) is 13.5 Å². The molecule has 27 heavy (non-hydrogen) atoms. The van der Waals surface area contributed by atoms with Crippen LogP contribution in [0, 0.1) is 0 Å². The molecule has 0 radical (unpaired) electrons. The third-order valence-electron chi connectivity index (χ3n) is 3.75. The Morgan fingerprint density at radius 2 is 2.04 bits per heavy atom. The summed E-state index contributed by atoms with van der Waals surface area (Å²) in [6.45, 7) is 3.57. The standard InChI is InChI=1S/C18H17ClN2O4S2/c1-3-25-9-8-21-12-5-4-11(17(23)24-2)10-14(12)27-18(21)20-16(22)13-6-7-15(19)26-13/h4-7,10H,3,8-9H2,1-2H3. The molecule has 142 valence electrons. The normalized spacial score (nSPS) is 11.9. The monoisotopic (exact) mass is 424 g/mol. The van der Waals surface area contributed by atoms with Crippen molar-refractivity contribution in [1.82, 2.24) is 4.57 Å². The number of esters is 1. The van der Waals surface area contributed by atoms with Gasteiger partial charge in [0.15, 0.2) is 4.80 Å². The zero-order valence-electron chi connectivity index (χ0n) is 14.7. The van der Waals surface area contributed by atoms with Gasteiger partial charge in [-0.05, 0) is 37.3 Å². The smallest absolute Gasteiger partial charge is 0.337 e. The number of ether oxygens (including phenoxy) is 2. The summed E-state index contributed by atoms with van der Waals surface area (Å²) in [5.41, 5.74) is 1.33. The van der Waals surface area contributed by atoms with Gasteiger partial charge in [0.2, 0.25) is 0 Å². The molecule has 1 amide bonds. The highest BCUT2D eigenvalue weighted by atomic mass is 35.5. The Morgan fingerprint density at radius 1 is 1.22 bits per heavy atom. The van der Waals surface area contributed by atoms with E-state index in [4.69, 9.17) is 21.1 Å². The van der Waals surface area contributed by atoms with E-state index in [1.54, 1.807) is 24.3 Å². The number of hydrogen-bond donors (Lipinski definition) is 0. The maximum atomic E-state index is 12.5. The Labute approximate surface area is 168 Å². The quantitative estimate of drug-likeness (QED) is 0.443. The molecule has 0 aliphatic carbocycles. The number of benzene rings is 1. The number of hydrogen-bond acceptors (Lipinski definition) is 6. The summed E-state index contributed by atoms with van der Waals surface area (Å²) in [6.07, 6.45) is 0. The zero-order valence-corrected chi connectivity index (χ0v) is 17.1. The first-order chi connectivity index (χ1) is 13.0. The molecule has 9 heteroatoms. The lowest BCUT2D eigenvalue weighted by molar-refractivity contribution is 0.0600. The highest BCUT2D eigenvalue weighted by Crippen LogP contribution is 2.23. The van der Waals surface area contributed by atoms with Crippen LogP contribution in [0.15, 0.2) is 35.3 Å². The molecule has 0 spiro atoms. The van der Waals surface area contributed by atoms with Gasteiger partial charge in [0.05, 0.1) is 38.7 Å². The van der Waals surface area contributed by atoms with Gasteiger partial charge in [0.25, 0.3) is 5.91 Å². The molecule has 0 aliphatic heterocycles. The summed E-state index contributed by atoms with van der Waals surface area (Å²) in [4.78, 5) is 29.6. The summed E-state index contributed by atoms with van der Waals surface area (Å²) in [7, 11) is 1.34. The van der Waals surface area contributed by atoms with Crippen LogP contribution >= 0.6 is 34.3 Å². The highest BCUT2D eigenvalue weighted by molar-refractivity contribution is 7.18. The molecular formula is C18H17ClN2O4S2. The van der Waals surface area contributed by atoms with E-state index in [1.165, 1.54) is 29.8 Å². The molecule has 6 nitrogen and oxygen atoms in total. The number of methoxy groups -OCH3 is 1. The van der Waals surface area contributed by atoms with Gasteiger partial charge < -0.3 is 14.0 Å². The molecule has 3 rings (SSSR count). The van der Waals surface area contributed by atoms with E-state index in [9.17, 15) is 9.59 Å². The second-order valence-corrected chi connectivity index (χ2v) is 8.15. The molecule has 2 aromatic heterocycles. The minimum Gasteiger partial charge on any atom is -0.465 e. The Morgan fingerprint density at radius 3 is 2.70 bits per heavy atom. The van der Waals surface area contributed by atoms with Crippen LogP contribution in [0.4, 0.5) is 0 Å². The number of fused-ring (bicyclic) bond motifs is 1. The first-order valence-electron chi connectivity index (χ1n) is 8.17. The fourth-order valence-electron chi connectivity index (χ4n) is 2.49. The Bertz CT molecular complexity index is 1050. The fourth-order valence-corrected chi connectivity index (χ4v) is 4.51. The average Bonchev–Trinajstić information content (AvgIpc) is 3.24. The average molecular weight is 425 g/mol. The van der Waals surface area contributed by atoms with Gasteiger partial charge in [-0.2, -0.15) is 4.99 Å². The number of thiazole rings is 1. The van der Waals surface area contributed by atoms with Crippen molar-refractivity contribution < 1.29 is 19.1 Å². The molecule has 0 atom stereocenters. The van der Waals surface area contributed by atoms with Gasteiger partial charge in [-0.1, -0.05) is 22.9 Å². The maximum absolute atomic E-state index is 12.5. The van der Waals surface area contributed by atoms with Gasteiger partial charge in [-0.15, -0.1) is 11.3 Å². The van der Waals surface area contributed by atoms with Crippen molar-refractivity contribution in [3.63, 3.8) is 0 Å². The topological polar surface area (TPSA) is 69.9 Å². The zero-order chi connectivity index (χ0) is 19.4. The molecule has 0 bridgehead atoms. The third-order valence-corrected chi connectivity index (χ3v) is 6.01. The van der Waals surface area contributed by atoms with Crippen LogP contribution in [0.2, 0.25) is 4.34 Å². The van der Waals surface area contributed by atoms with E-state index in [0.717, 1.165) is 10.2 Å². The Hall–Kier alpha value is -2.00. The van der Waals surface area contributed by atoms with Gasteiger partial charge >= 0.3 is 5.97 Å². The summed E-state index contributed by atoms with van der Waals surface area (Å²) in [6, 6.07) is 8.60. The Balaban J connectivity index is 2.08. The van der Waals surface area contributed by atoms with Crippen molar-refractivity contribution in [2.75, 3.05) is 20.3 Å². The van der Waals surface area contributed by atoms with Crippen molar-refractivity contribution >= 4 is 56.4 Å². The van der Waals surface area contributed by atoms with Gasteiger partial charge in [0.1, 0.15) is 0 Å². The number of carbonyl (C=O) groups is 2. The summed E-state index contributed by atoms with van der Waals surface area (Å²) >= 11 is 8.44. The van der Waals surface area contributed by atoms with Crippen LogP contribution in [-0.4, -0.2) is 36.8 Å². The number of carbonyl (C=O) groups excluding carboxylic acids is 2. The first kappa shape index (κ1) is 19.8. The van der Waals surface area contributed by atoms with E-state index in [0.29, 0.717) is 39.3 Å². The molecule has 3 aromatic rings. The predicted octanol–water partition coefficient (Wildman–Crippen LogP) is 3.98. The van der Waals surface area contributed by atoms with E-state index in [1.807, 2.05) is 17.6 Å². The van der Waals surface area contributed by atoms with E-state index in [-0.39, 0.29) is 5.91 Å². The molecule has 2 heterocycles. The minimum atomic E-state index is -0.408. The fraction of sp³-hybridized carbons (Fsp3) is 0.278. The number of aromatic nitrogens is 1. The number of rotatable bonds is 6. The minimum absolute atomic E-state index is 0.350. The highest BCUT2D eigenvalue weighted by Gasteiger charge is 2.13. The van der Waals surface area contributed by atoms with Crippen LogP contribution in [-0.2, 0) is 16.0 Å². The van der Waals surface area contributed by atoms with E-state index in [2.05, 4.69) is 4.99 Å². The van der Waals surface area contributed by atoms with E-state index >= 15 is 0 Å². The van der Waals surface area contributed by atoms with Crippen molar-refractivity contribution in [3.05, 3.63) is 49.9 Å². The number of thiophene rings is 1. The first-order valence-corrected chi connectivity index (χ1v) is 10.2. The second kappa shape index (κ2) is 8.79. The molecule has 0 aliphatic rings. The van der Waals surface area contributed by atoms with Crippen molar-refractivity contribution in [2.24, 2.45) is 4.99 Å². The lowest BCUT2D eigenvalue weighted by atomic mass is 10.2. The molecule has 0 saturated carbocycles. The largest absolute Gasteiger partial charge is 0.465 e. The van der Waals surface area contributed by atoms with E-state index < -0.39 is 5.97 Å². The summed E-state index contributed by atoms with van der Waals surface area (Å²) in [5, 5.41) is 0. The van der Waals surface area contributed by atoms with Crippen molar-refractivity contribution in [3.8, 4) is 0 Å². The lowest BCUT2D eigenvalue weighted by Gasteiger charge is -2.06. The van der Waals surface area contributed by atoms with Crippen LogP contribution in [0.5, 0.6) is 0 Å². The number of amides is 1. The second-order valence-electron chi connectivity index (χ2n) is 5.43. The van der Waals surface area contributed by atoms with Gasteiger partial charge in [-0.3, -0.25) is 4.79 Å². The Kier molecular flexibility index (Phi) is 6.43. The molecular weight excluding hydrogens is 408 g/mol. The molecule has 0 saturated heterocycles. The maximum Gasteiger partial charge on any atom is 0.337 e. The summed E-state index contributed by atoms with van der Waals surface area (Å²) < 4.78 is 13.5. The van der Waals surface area contributed by atoms with Gasteiger partial charge in [-0.25, -0.2) is 4.79 Å². The van der Waals surface area contributed by atoms with Crippen molar-refractivity contribution in [1.29, 1.82) is 0 Å². The van der Waals surface area contributed by atoms with Crippen LogP contribution in [0.25, 0.3) is 10.2 Å². The number of nitrogens with zero attached hydrogens (tertiary/aromatic N) is 2. The third kappa shape index (κ3) is 4.47. The predicted molar refractivity (Wildman–Crippen MR) is 107 cm³/mol.